The Kier molecular flexibility index (Phi) is 5.52. The molecule has 2 aromatic carbocycles. The van der Waals surface area contributed by atoms with Gasteiger partial charge in [-0.2, -0.15) is 0 Å². The van der Waals surface area contributed by atoms with Gasteiger partial charge in [0, 0.05) is 29.7 Å². The molecule has 0 aliphatic heterocycles. The number of hydrogen-bond donors (Lipinski definition) is 0. The predicted molar refractivity (Wildman–Crippen MR) is 98.5 cm³/mol. The summed E-state index contributed by atoms with van der Waals surface area (Å²) in [6, 6.07) is 13.3. The van der Waals surface area contributed by atoms with Crippen molar-refractivity contribution in [2.24, 2.45) is 0 Å². The van der Waals surface area contributed by atoms with E-state index < -0.39 is 17.0 Å². The summed E-state index contributed by atoms with van der Waals surface area (Å²) in [4.78, 5) is 23.1. The molecule has 0 radical (unpaired) electrons. The molecule has 0 aliphatic rings. The van der Waals surface area contributed by atoms with Gasteiger partial charge in [0.05, 0.1) is 11.5 Å². The van der Waals surface area contributed by atoms with Gasteiger partial charge in [-0.3, -0.25) is 10.1 Å². The van der Waals surface area contributed by atoms with Crippen LogP contribution in [0.1, 0.15) is 41.6 Å². The molecule has 3 rings (SSSR count). The highest BCUT2D eigenvalue weighted by Gasteiger charge is 2.24. The fraction of sp³-hybridized carbons (Fsp3) is 0.250. The van der Waals surface area contributed by atoms with Crippen molar-refractivity contribution in [1.29, 1.82) is 0 Å². The van der Waals surface area contributed by atoms with Crippen LogP contribution in [0.15, 0.2) is 52.9 Å². The number of rotatable bonds is 7. The molecule has 0 amide bonds. The summed E-state index contributed by atoms with van der Waals surface area (Å²) in [6.07, 6.45) is -0.675. The van der Waals surface area contributed by atoms with E-state index in [1.54, 1.807) is 25.1 Å². The molecule has 7 heteroatoms. The van der Waals surface area contributed by atoms with Gasteiger partial charge < -0.3 is 13.9 Å². The van der Waals surface area contributed by atoms with E-state index in [1.807, 2.05) is 25.1 Å². The van der Waals surface area contributed by atoms with Crippen LogP contribution < -0.4 is 0 Å². The van der Waals surface area contributed by atoms with Crippen LogP contribution in [0.5, 0.6) is 0 Å². The number of hydrogen-bond acceptors (Lipinski definition) is 6. The maximum Gasteiger partial charge on any atom is 0.375 e. The molecule has 7 nitrogen and oxygen atoms in total. The molecule has 0 fully saturated rings. The van der Waals surface area contributed by atoms with E-state index in [-0.39, 0.29) is 18.1 Å². The topological polar surface area (TPSA) is 91.8 Å². The number of ether oxygens (including phenoxy) is 2. The van der Waals surface area contributed by atoms with E-state index in [9.17, 15) is 14.9 Å². The fourth-order valence-corrected chi connectivity index (χ4v) is 2.78. The van der Waals surface area contributed by atoms with E-state index in [4.69, 9.17) is 13.9 Å². The second-order valence-electron chi connectivity index (χ2n) is 5.94. The first-order chi connectivity index (χ1) is 13.0. The molecule has 0 aliphatic carbocycles. The molecular weight excluding hydrogens is 350 g/mol. The Morgan fingerprint density at radius 2 is 2.00 bits per heavy atom. The predicted octanol–water partition coefficient (Wildman–Crippen LogP) is 4.80. The molecule has 27 heavy (non-hydrogen) atoms. The van der Waals surface area contributed by atoms with E-state index >= 15 is 0 Å². The second kappa shape index (κ2) is 8.01. The van der Waals surface area contributed by atoms with E-state index in [0.29, 0.717) is 23.3 Å². The smallest absolute Gasteiger partial charge is 0.375 e. The largest absolute Gasteiger partial charge is 0.452 e. The van der Waals surface area contributed by atoms with Crippen LogP contribution in [0.2, 0.25) is 0 Å². The number of benzene rings is 2. The molecule has 1 atom stereocenters. The third-order valence-corrected chi connectivity index (χ3v) is 4.17. The number of nitro groups is 1. The Labute approximate surface area is 155 Å². The number of nitro benzene ring substituents is 1. The summed E-state index contributed by atoms with van der Waals surface area (Å²) < 4.78 is 16.7. The summed E-state index contributed by atoms with van der Waals surface area (Å²) in [6.45, 7) is 4.24. The van der Waals surface area contributed by atoms with Gasteiger partial charge in [-0.05, 0) is 25.5 Å². The molecule has 0 saturated carbocycles. The third kappa shape index (κ3) is 3.98. The molecule has 0 spiro atoms. The third-order valence-electron chi connectivity index (χ3n) is 4.17. The highest BCUT2D eigenvalue weighted by Crippen LogP contribution is 2.29. The Morgan fingerprint density at radius 3 is 2.74 bits per heavy atom. The van der Waals surface area contributed by atoms with Crippen molar-refractivity contribution in [2.75, 3.05) is 6.61 Å². The van der Waals surface area contributed by atoms with Gasteiger partial charge in [0.15, 0.2) is 0 Å². The molecule has 0 N–H and O–H groups in total. The van der Waals surface area contributed by atoms with Gasteiger partial charge in [0.25, 0.3) is 5.69 Å². The number of carbonyl (C=O) groups excluding carboxylic acids is 1. The number of esters is 1. The van der Waals surface area contributed by atoms with E-state index in [2.05, 4.69) is 0 Å². The normalized spacial score (nSPS) is 12.1. The first kappa shape index (κ1) is 18.6. The Bertz CT molecular complexity index is 978. The molecule has 0 unspecified atom stereocenters. The van der Waals surface area contributed by atoms with Crippen molar-refractivity contribution >= 4 is 22.6 Å². The number of nitrogens with zero attached hydrogens (tertiary/aromatic N) is 1. The SMILES string of the molecule is CCOCc1c(C(=O)O[C@H](C)c2cccc([N+](=O)[O-])c2)oc2ccccc12. The lowest BCUT2D eigenvalue weighted by Crippen LogP contribution is -2.11. The first-order valence-electron chi connectivity index (χ1n) is 8.54. The first-order valence-corrected chi connectivity index (χ1v) is 8.54. The average Bonchev–Trinajstić information content (AvgIpc) is 3.05. The molecular formula is C20H19NO6. The minimum absolute atomic E-state index is 0.0591. The van der Waals surface area contributed by atoms with Crippen molar-refractivity contribution in [3.8, 4) is 0 Å². The fourth-order valence-electron chi connectivity index (χ4n) is 2.78. The Balaban J connectivity index is 1.87. The van der Waals surface area contributed by atoms with Gasteiger partial charge in [0.2, 0.25) is 5.76 Å². The number of furan rings is 1. The van der Waals surface area contributed by atoms with Gasteiger partial charge in [0.1, 0.15) is 11.7 Å². The van der Waals surface area contributed by atoms with Crippen molar-refractivity contribution in [3.05, 3.63) is 75.5 Å². The molecule has 3 aromatic rings. The summed E-state index contributed by atoms with van der Waals surface area (Å²) in [5, 5.41) is 11.7. The summed E-state index contributed by atoms with van der Waals surface area (Å²) in [5.74, 6) is -0.554. The quantitative estimate of drug-likeness (QED) is 0.338. The monoisotopic (exact) mass is 369 g/mol. The van der Waals surface area contributed by atoms with Gasteiger partial charge in [-0.25, -0.2) is 4.79 Å². The maximum absolute atomic E-state index is 12.7. The highest BCUT2D eigenvalue weighted by molar-refractivity contribution is 5.96. The van der Waals surface area contributed by atoms with Crippen LogP contribution >= 0.6 is 0 Å². The summed E-state index contributed by atoms with van der Waals surface area (Å²) in [5.41, 5.74) is 1.67. The molecule has 140 valence electrons. The zero-order valence-corrected chi connectivity index (χ0v) is 15.0. The maximum atomic E-state index is 12.7. The minimum atomic E-state index is -0.675. The van der Waals surface area contributed by atoms with Crippen LogP contribution in [0.25, 0.3) is 11.0 Å². The Morgan fingerprint density at radius 1 is 1.22 bits per heavy atom. The molecule has 0 saturated heterocycles. The minimum Gasteiger partial charge on any atom is -0.452 e. The van der Waals surface area contributed by atoms with Crippen LogP contribution in [-0.2, 0) is 16.1 Å². The second-order valence-corrected chi connectivity index (χ2v) is 5.94. The van der Waals surface area contributed by atoms with Crippen LogP contribution in [-0.4, -0.2) is 17.5 Å². The van der Waals surface area contributed by atoms with Crippen LogP contribution in [0.3, 0.4) is 0 Å². The number of carbonyl (C=O) groups is 1. The average molecular weight is 369 g/mol. The molecule has 1 heterocycles. The summed E-state index contributed by atoms with van der Waals surface area (Å²) >= 11 is 0. The standard InChI is InChI=1S/C20H19NO6/c1-3-25-12-17-16-9-4-5-10-18(16)27-19(17)20(22)26-13(2)14-7-6-8-15(11-14)21(23)24/h4-11,13H,3,12H2,1-2H3/t13-/m1/s1. The van der Waals surface area contributed by atoms with Crippen LogP contribution in [0, 0.1) is 10.1 Å². The van der Waals surface area contributed by atoms with Crippen molar-refractivity contribution in [3.63, 3.8) is 0 Å². The van der Waals surface area contributed by atoms with Gasteiger partial charge >= 0.3 is 5.97 Å². The highest BCUT2D eigenvalue weighted by atomic mass is 16.6. The lowest BCUT2D eigenvalue weighted by atomic mass is 10.1. The Hall–Kier alpha value is -3.19. The summed E-state index contributed by atoms with van der Waals surface area (Å²) in [7, 11) is 0. The van der Waals surface area contributed by atoms with Crippen molar-refractivity contribution < 1.29 is 23.6 Å². The lowest BCUT2D eigenvalue weighted by molar-refractivity contribution is -0.385. The zero-order chi connectivity index (χ0) is 19.4. The van der Waals surface area contributed by atoms with Crippen molar-refractivity contribution in [1.82, 2.24) is 0 Å². The van der Waals surface area contributed by atoms with E-state index in [1.165, 1.54) is 12.1 Å². The van der Waals surface area contributed by atoms with E-state index in [0.717, 1.165) is 5.39 Å². The lowest BCUT2D eigenvalue weighted by Gasteiger charge is -2.13. The van der Waals surface area contributed by atoms with Crippen molar-refractivity contribution in [2.45, 2.75) is 26.6 Å². The van der Waals surface area contributed by atoms with Crippen LogP contribution in [0.4, 0.5) is 5.69 Å². The number of fused-ring (bicyclic) bond motifs is 1. The van der Waals surface area contributed by atoms with Gasteiger partial charge in [-0.1, -0.05) is 30.3 Å². The number of non-ortho nitro benzene ring substituents is 1. The number of para-hydroxylation sites is 1. The van der Waals surface area contributed by atoms with Gasteiger partial charge in [-0.15, -0.1) is 0 Å². The molecule has 0 bridgehead atoms. The zero-order valence-electron chi connectivity index (χ0n) is 15.0. The molecule has 1 aromatic heterocycles.